The lowest BCUT2D eigenvalue weighted by molar-refractivity contribution is 0.591. The second-order valence-corrected chi connectivity index (χ2v) is 25.2. The zero-order valence-electron chi connectivity index (χ0n) is 44.1. The first-order valence-corrected chi connectivity index (χ1v) is 28.7. The van der Waals surface area contributed by atoms with Crippen molar-refractivity contribution < 1.29 is 0 Å². The molecule has 0 atom stereocenters. The van der Waals surface area contributed by atoms with Gasteiger partial charge in [-0.05, 0) is 172 Å². The highest BCUT2D eigenvalue weighted by atomic mass is 32.1. The third kappa shape index (κ3) is 7.62. The van der Waals surface area contributed by atoms with E-state index in [1.165, 1.54) is 154 Å². The van der Waals surface area contributed by atoms with Crippen molar-refractivity contribution in [3.8, 4) is 33.6 Å². The minimum Gasteiger partial charge on any atom is -0.309 e. The maximum Gasteiger partial charge on any atom is 0.0547 e. The highest BCUT2D eigenvalue weighted by Gasteiger charge is 2.24. The molecule has 0 N–H and O–H groups in total. The Morgan fingerprint density at radius 3 is 1.18 bits per heavy atom. The van der Waals surface area contributed by atoms with E-state index in [1.807, 2.05) is 22.7 Å². The maximum atomic E-state index is 2.54. The summed E-state index contributed by atoms with van der Waals surface area (Å²) in [6.07, 6.45) is 6.83. The van der Waals surface area contributed by atoms with Gasteiger partial charge in [0.05, 0.1) is 22.1 Å². The molecule has 0 saturated carbocycles. The molecule has 0 spiro atoms. The molecule has 0 saturated heterocycles. The Kier molecular flexibility index (Phi) is 11.3. The molecule has 0 aliphatic rings. The summed E-state index contributed by atoms with van der Waals surface area (Å²) in [5, 5.41) is 10.7. The first-order valence-electron chi connectivity index (χ1n) is 27.0. The van der Waals surface area contributed by atoms with Crippen molar-refractivity contribution in [1.29, 1.82) is 0 Å². The second-order valence-electron chi connectivity index (χ2n) is 23.0. The van der Waals surface area contributed by atoms with Gasteiger partial charge in [-0.2, -0.15) is 0 Å². The normalized spacial score (nSPS) is 12.6. The molecule has 13 rings (SSSR count). The van der Waals surface area contributed by atoms with Gasteiger partial charge in [-0.15, -0.1) is 22.7 Å². The number of rotatable bonds is 10. The van der Waals surface area contributed by atoms with Gasteiger partial charge in [-0.3, -0.25) is 0 Å². The number of hydrogen-bond donors (Lipinski definition) is 0. The molecule has 13 aromatic rings. The number of fused-ring (bicyclic) bond motifs is 12. The van der Waals surface area contributed by atoms with Gasteiger partial charge in [0.25, 0.3) is 0 Å². The number of aromatic nitrogens is 2. The topological polar surface area (TPSA) is 9.86 Å². The smallest absolute Gasteiger partial charge is 0.0547 e. The third-order valence-corrected chi connectivity index (χ3v) is 18.3. The molecule has 4 heteroatoms. The Balaban J connectivity index is 1.05. The van der Waals surface area contributed by atoms with Gasteiger partial charge < -0.3 is 9.13 Å². The van der Waals surface area contributed by atoms with Crippen LogP contribution in [0, 0.1) is 0 Å². The summed E-state index contributed by atoms with van der Waals surface area (Å²) >= 11 is 3.83. The molecule has 0 aliphatic heterocycles. The van der Waals surface area contributed by atoms with Crippen LogP contribution in [0.25, 0.3) is 118 Å². The Hall–Kier alpha value is -6.98. The fourth-order valence-corrected chi connectivity index (χ4v) is 14.3. The number of hydrogen-bond acceptors (Lipinski definition) is 2. The van der Waals surface area contributed by atoms with Crippen molar-refractivity contribution in [1.82, 2.24) is 9.13 Å². The number of benzene rings is 9. The van der Waals surface area contributed by atoms with Crippen molar-refractivity contribution in [2.24, 2.45) is 0 Å². The lowest BCUT2D eigenvalue weighted by Crippen LogP contribution is -2.10. The second kappa shape index (κ2) is 17.9. The van der Waals surface area contributed by atoms with E-state index in [0.717, 1.165) is 24.2 Å². The van der Waals surface area contributed by atoms with Crippen molar-refractivity contribution in [2.45, 2.75) is 105 Å². The Bertz CT molecular complexity index is 4080. The molecule has 366 valence electrons. The van der Waals surface area contributed by atoms with Crippen LogP contribution in [0.1, 0.15) is 103 Å². The summed E-state index contributed by atoms with van der Waals surface area (Å²) in [5.41, 5.74) is 18.1. The van der Waals surface area contributed by atoms with Crippen LogP contribution in [-0.2, 0) is 23.7 Å². The van der Waals surface area contributed by atoms with Crippen LogP contribution in [0.3, 0.4) is 0 Å². The van der Waals surface area contributed by atoms with E-state index in [1.54, 1.807) is 0 Å². The van der Waals surface area contributed by atoms with E-state index >= 15 is 0 Å². The summed E-state index contributed by atoms with van der Waals surface area (Å²) in [6.45, 7) is 18.5. The average molecular weight is 997 g/mol. The molecule has 0 radical (unpaired) electrons. The molecular formula is C70H64N2S2. The number of aryl methyl sites for hydroxylation is 2. The van der Waals surface area contributed by atoms with Crippen molar-refractivity contribution in [3.63, 3.8) is 0 Å². The van der Waals surface area contributed by atoms with Gasteiger partial charge in [0.1, 0.15) is 0 Å². The highest BCUT2D eigenvalue weighted by molar-refractivity contribution is 7.26. The summed E-state index contributed by atoms with van der Waals surface area (Å²) in [4.78, 5) is 0. The molecule has 0 unspecified atom stereocenters. The van der Waals surface area contributed by atoms with Crippen LogP contribution < -0.4 is 0 Å². The van der Waals surface area contributed by atoms with Gasteiger partial charge >= 0.3 is 0 Å². The number of nitrogens with zero attached hydrogens (tertiary/aromatic N) is 2. The van der Waals surface area contributed by atoms with E-state index in [9.17, 15) is 0 Å². The van der Waals surface area contributed by atoms with Crippen LogP contribution in [0.15, 0.2) is 170 Å². The molecule has 2 nitrogen and oxygen atoms in total. The van der Waals surface area contributed by atoms with E-state index in [-0.39, 0.29) is 10.8 Å². The Morgan fingerprint density at radius 1 is 0.351 bits per heavy atom. The van der Waals surface area contributed by atoms with Gasteiger partial charge in [0.2, 0.25) is 0 Å². The number of unbranched alkanes of at least 4 members (excludes halogenated alkanes) is 2. The SMILES string of the molecule is CCCCc1ccc2c(c1)c1c(-c3cccc4sc5ccc(C(C)(C)C)cc5c34)cccc1n2-c1cccc(-n2c3ccc(CCCC)cc3c3c(-c4cccc5sc6ccc(C(C)(C)C)cc6c45)cccc32)c1. The van der Waals surface area contributed by atoms with Crippen LogP contribution in [0.4, 0.5) is 0 Å². The summed E-state index contributed by atoms with van der Waals surface area (Å²) < 4.78 is 10.4. The molecule has 0 bridgehead atoms. The minimum absolute atomic E-state index is 0.0537. The molecule has 0 fully saturated rings. The zero-order chi connectivity index (χ0) is 50.6. The molecule has 4 heterocycles. The summed E-state index contributed by atoms with van der Waals surface area (Å²) in [7, 11) is 0. The predicted octanol–water partition coefficient (Wildman–Crippen LogP) is 21.2. The fraction of sp³-hybridized carbons (Fsp3) is 0.229. The zero-order valence-corrected chi connectivity index (χ0v) is 45.8. The highest BCUT2D eigenvalue weighted by Crippen LogP contribution is 2.48. The quantitative estimate of drug-likeness (QED) is 0.129. The summed E-state index contributed by atoms with van der Waals surface area (Å²) in [6, 6.07) is 66.1. The molecule has 74 heavy (non-hydrogen) atoms. The van der Waals surface area contributed by atoms with E-state index in [2.05, 4.69) is 234 Å². The molecule has 9 aromatic carbocycles. The average Bonchev–Trinajstić information content (AvgIpc) is 4.19. The third-order valence-electron chi connectivity index (χ3n) is 16.0. The van der Waals surface area contributed by atoms with E-state index in [4.69, 9.17) is 0 Å². The number of thiophene rings is 2. The van der Waals surface area contributed by atoms with Crippen molar-refractivity contribution >= 4 is 107 Å². The van der Waals surface area contributed by atoms with Gasteiger partial charge in [0.15, 0.2) is 0 Å². The predicted molar refractivity (Wildman–Crippen MR) is 326 cm³/mol. The minimum atomic E-state index is 0.0537. The fourth-order valence-electron chi connectivity index (χ4n) is 12.1. The first-order chi connectivity index (χ1) is 35.9. The monoisotopic (exact) mass is 996 g/mol. The Labute approximate surface area is 443 Å². The van der Waals surface area contributed by atoms with Crippen LogP contribution in [0.5, 0.6) is 0 Å². The van der Waals surface area contributed by atoms with Crippen LogP contribution in [-0.4, -0.2) is 9.13 Å². The Morgan fingerprint density at radius 2 is 0.757 bits per heavy atom. The lowest BCUT2D eigenvalue weighted by atomic mass is 9.86. The maximum absolute atomic E-state index is 2.54. The molecule has 0 amide bonds. The largest absolute Gasteiger partial charge is 0.309 e. The molecule has 4 aromatic heterocycles. The van der Waals surface area contributed by atoms with Crippen molar-refractivity contribution in [3.05, 3.63) is 192 Å². The van der Waals surface area contributed by atoms with E-state index < -0.39 is 0 Å². The molecular weight excluding hydrogens is 933 g/mol. The van der Waals surface area contributed by atoms with Gasteiger partial charge in [0, 0.05) is 73.3 Å². The van der Waals surface area contributed by atoms with Crippen LogP contribution >= 0.6 is 22.7 Å². The summed E-state index contributed by atoms with van der Waals surface area (Å²) in [5.74, 6) is 0. The lowest BCUT2D eigenvalue weighted by Gasteiger charge is -2.19. The first kappa shape index (κ1) is 46.8. The van der Waals surface area contributed by atoms with E-state index in [0.29, 0.717) is 0 Å². The van der Waals surface area contributed by atoms with Crippen molar-refractivity contribution in [2.75, 3.05) is 0 Å². The standard InChI is InChI=1S/C70H64N2S2/c1-9-11-18-43-30-34-57-53(38-43)65-49(51-24-16-28-63-67(51)55-40-45(69(3,4)5)32-36-61(55)73-63)22-14-26-59(65)71(57)47-20-13-21-48(42-47)72-58-35-31-44(19-12-10-2)39-54(58)66-50(23-15-27-60(66)72)52-25-17-29-64-68(52)56-41-46(70(6,7)8)33-37-62(56)74-64/h13-17,20-42H,9-12,18-19H2,1-8H3. The molecule has 0 aliphatic carbocycles. The van der Waals surface area contributed by atoms with Gasteiger partial charge in [-0.1, -0.05) is 147 Å². The van der Waals surface area contributed by atoms with Gasteiger partial charge in [-0.25, -0.2) is 0 Å². The van der Waals surface area contributed by atoms with Crippen LogP contribution in [0.2, 0.25) is 0 Å².